The molecule has 2 aromatic rings. The standard InChI is InChI=1S/C15H11IO4S/c1-18-9-7-10(19-2)13(16)15-12(9)14(17)11(20-15)6-8-4-3-5-21-8/h3-7H,1-2H3. The zero-order valence-corrected chi connectivity index (χ0v) is 14.3. The molecule has 108 valence electrons. The third-order valence-electron chi connectivity index (χ3n) is 3.07. The van der Waals surface area contributed by atoms with Crippen LogP contribution in [0.15, 0.2) is 29.3 Å². The van der Waals surface area contributed by atoms with E-state index < -0.39 is 0 Å². The van der Waals surface area contributed by atoms with Crippen molar-refractivity contribution in [1.29, 1.82) is 0 Å². The molecule has 0 spiro atoms. The van der Waals surface area contributed by atoms with Crippen LogP contribution in [0, 0.1) is 3.57 Å². The summed E-state index contributed by atoms with van der Waals surface area (Å²) in [5.74, 6) is 1.71. The van der Waals surface area contributed by atoms with Crippen LogP contribution >= 0.6 is 33.9 Å². The van der Waals surface area contributed by atoms with Gasteiger partial charge in [0.1, 0.15) is 17.1 Å². The molecular formula is C15H11IO4S. The number of methoxy groups -OCH3 is 2. The number of benzene rings is 1. The lowest BCUT2D eigenvalue weighted by molar-refractivity contribution is 0.101. The van der Waals surface area contributed by atoms with Crippen molar-refractivity contribution >= 4 is 45.8 Å². The molecule has 2 heterocycles. The summed E-state index contributed by atoms with van der Waals surface area (Å²) >= 11 is 3.65. The number of allylic oxidation sites excluding steroid dienone is 1. The number of fused-ring (bicyclic) bond motifs is 1. The average Bonchev–Trinajstić information content (AvgIpc) is 3.10. The van der Waals surface area contributed by atoms with Crippen molar-refractivity contribution in [1.82, 2.24) is 0 Å². The lowest BCUT2D eigenvalue weighted by atomic mass is 10.1. The van der Waals surface area contributed by atoms with E-state index in [0.29, 0.717) is 28.6 Å². The molecule has 21 heavy (non-hydrogen) atoms. The Morgan fingerprint density at radius 3 is 2.67 bits per heavy atom. The zero-order chi connectivity index (χ0) is 15.0. The number of hydrogen-bond donors (Lipinski definition) is 0. The molecule has 6 heteroatoms. The molecule has 0 radical (unpaired) electrons. The number of ketones is 1. The van der Waals surface area contributed by atoms with Crippen LogP contribution in [0.3, 0.4) is 0 Å². The summed E-state index contributed by atoms with van der Waals surface area (Å²) < 4.78 is 17.1. The largest absolute Gasteiger partial charge is 0.496 e. The summed E-state index contributed by atoms with van der Waals surface area (Å²) in [6, 6.07) is 5.56. The van der Waals surface area contributed by atoms with Crippen molar-refractivity contribution < 1.29 is 19.0 Å². The Balaban J connectivity index is 2.13. The number of thiophene rings is 1. The topological polar surface area (TPSA) is 44.8 Å². The summed E-state index contributed by atoms with van der Waals surface area (Å²) in [6.45, 7) is 0. The van der Waals surface area contributed by atoms with Crippen LogP contribution in [-0.2, 0) is 0 Å². The molecule has 0 unspecified atom stereocenters. The summed E-state index contributed by atoms with van der Waals surface area (Å²) in [5.41, 5.74) is 0.450. The van der Waals surface area contributed by atoms with Gasteiger partial charge in [0.2, 0.25) is 5.78 Å². The van der Waals surface area contributed by atoms with Gasteiger partial charge in [-0.05, 0) is 34.0 Å². The summed E-state index contributed by atoms with van der Waals surface area (Å²) in [7, 11) is 3.10. The molecule has 1 aromatic heterocycles. The smallest absolute Gasteiger partial charge is 0.235 e. The van der Waals surface area contributed by atoms with Gasteiger partial charge in [0.25, 0.3) is 0 Å². The Kier molecular flexibility index (Phi) is 3.90. The van der Waals surface area contributed by atoms with Crippen molar-refractivity contribution in [3.63, 3.8) is 0 Å². The maximum atomic E-state index is 12.5. The van der Waals surface area contributed by atoms with Crippen molar-refractivity contribution in [3.8, 4) is 17.2 Å². The van der Waals surface area contributed by atoms with E-state index in [1.54, 1.807) is 30.6 Å². The monoisotopic (exact) mass is 414 g/mol. The van der Waals surface area contributed by atoms with E-state index in [1.165, 1.54) is 7.11 Å². The first-order valence-corrected chi connectivity index (χ1v) is 8.03. The predicted octanol–water partition coefficient (Wildman–Crippen LogP) is 3.99. The van der Waals surface area contributed by atoms with Gasteiger partial charge < -0.3 is 14.2 Å². The van der Waals surface area contributed by atoms with Crippen LogP contribution < -0.4 is 14.2 Å². The van der Waals surface area contributed by atoms with E-state index in [-0.39, 0.29) is 5.78 Å². The predicted molar refractivity (Wildman–Crippen MR) is 89.5 cm³/mol. The fraction of sp³-hybridized carbons (Fsp3) is 0.133. The maximum Gasteiger partial charge on any atom is 0.235 e. The number of halogens is 1. The lowest BCUT2D eigenvalue weighted by Gasteiger charge is -2.10. The molecule has 0 fully saturated rings. The van der Waals surface area contributed by atoms with Gasteiger partial charge in [-0.3, -0.25) is 4.79 Å². The Bertz CT molecular complexity index is 735. The number of hydrogen-bond acceptors (Lipinski definition) is 5. The molecule has 3 rings (SSSR count). The van der Waals surface area contributed by atoms with E-state index >= 15 is 0 Å². The van der Waals surface area contributed by atoms with Gasteiger partial charge in [0.15, 0.2) is 11.5 Å². The van der Waals surface area contributed by atoms with Crippen molar-refractivity contribution in [2.45, 2.75) is 0 Å². The molecule has 1 aliphatic heterocycles. The van der Waals surface area contributed by atoms with Crippen LogP contribution in [0.25, 0.3) is 6.08 Å². The molecule has 0 aliphatic carbocycles. The summed E-state index contributed by atoms with van der Waals surface area (Å²) in [4.78, 5) is 13.5. The lowest BCUT2D eigenvalue weighted by Crippen LogP contribution is -2.00. The minimum Gasteiger partial charge on any atom is -0.496 e. The first-order valence-electron chi connectivity index (χ1n) is 6.08. The zero-order valence-electron chi connectivity index (χ0n) is 11.3. The third kappa shape index (κ3) is 2.42. The highest BCUT2D eigenvalue weighted by Crippen LogP contribution is 2.45. The number of rotatable bonds is 3. The molecule has 0 saturated heterocycles. The highest BCUT2D eigenvalue weighted by atomic mass is 127. The molecule has 0 amide bonds. The van der Waals surface area contributed by atoms with E-state index in [4.69, 9.17) is 14.2 Å². The molecular weight excluding hydrogens is 403 g/mol. The molecule has 1 aromatic carbocycles. The Morgan fingerprint density at radius 1 is 1.29 bits per heavy atom. The average molecular weight is 414 g/mol. The van der Waals surface area contributed by atoms with Gasteiger partial charge in [-0.2, -0.15) is 0 Å². The maximum absolute atomic E-state index is 12.5. The van der Waals surface area contributed by atoms with Gasteiger partial charge in [0.05, 0.1) is 17.8 Å². The van der Waals surface area contributed by atoms with Crippen LogP contribution in [0.4, 0.5) is 0 Å². The fourth-order valence-electron chi connectivity index (χ4n) is 2.09. The Labute approximate surface area is 139 Å². The first kappa shape index (κ1) is 14.4. The van der Waals surface area contributed by atoms with Crippen LogP contribution in [0.5, 0.6) is 17.2 Å². The van der Waals surface area contributed by atoms with Gasteiger partial charge in [-0.25, -0.2) is 0 Å². The first-order chi connectivity index (χ1) is 10.2. The molecule has 0 saturated carbocycles. The second-order valence-corrected chi connectivity index (χ2v) is 6.31. The van der Waals surface area contributed by atoms with Crippen LogP contribution in [0.2, 0.25) is 0 Å². The van der Waals surface area contributed by atoms with E-state index in [2.05, 4.69) is 22.6 Å². The minimum atomic E-state index is -0.171. The van der Waals surface area contributed by atoms with Crippen molar-refractivity contribution in [2.75, 3.05) is 14.2 Å². The second-order valence-electron chi connectivity index (χ2n) is 4.25. The minimum absolute atomic E-state index is 0.171. The summed E-state index contributed by atoms with van der Waals surface area (Å²) in [5, 5.41) is 1.95. The Morgan fingerprint density at radius 2 is 2.05 bits per heavy atom. The van der Waals surface area contributed by atoms with E-state index in [0.717, 1.165) is 8.45 Å². The fourth-order valence-corrected chi connectivity index (χ4v) is 3.49. The quantitative estimate of drug-likeness (QED) is 0.563. The SMILES string of the molecule is COc1cc(OC)c2c(c1I)OC(=Cc1cccs1)C2=O. The summed E-state index contributed by atoms with van der Waals surface area (Å²) in [6.07, 6.45) is 1.75. The van der Waals surface area contributed by atoms with Crippen LogP contribution in [0.1, 0.15) is 15.2 Å². The van der Waals surface area contributed by atoms with E-state index in [9.17, 15) is 4.79 Å². The molecule has 0 atom stereocenters. The molecule has 1 aliphatic rings. The second kappa shape index (κ2) is 5.69. The third-order valence-corrected chi connectivity index (χ3v) is 4.91. The van der Waals surface area contributed by atoms with E-state index in [1.807, 2.05) is 17.5 Å². The van der Waals surface area contributed by atoms with Gasteiger partial charge in [-0.1, -0.05) is 6.07 Å². The van der Waals surface area contributed by atoms with Gasteiger partial charge >= 0.3 is 0 Å². The Hall–Kier alpha value is -1.54. The van der Waals surface area contributed by atoms with Gasteiger partial charge in [0, 0.05) is 17.0 Å². The number of ether oxygens (including phenoxy) is 3. The van der Waals surface area contributed by atoms with Gasteiger partial charge in [-0.15, -0.1) is 11.3 Å². The normalized spacial score (nSPS) is 15.0. The number of carbonyl (C=O) groups excluding carboxylic acids is 1. The molecule has 0 N–H and O–H groups in total. The molecule has 0 bridgehead atoms. The number of Topliss-reactive ketones (excluding diaryl/α,β-unsaturated/α-hetero) is 1. The van der Waals surface area contributed by atoms with Crippen molar-refractivity contribution in [2.24, 2.45) is 0 Å². The molecule has 4 nitrogen and oxygen atoms in total. The van der Waals surface area contributed by atoms with Crippen molar-refractivity contribution in [3.05, 3.63) is 43.3 Å². The highest BCUT2D eigenvalue weighted by Gasteiger charge is 2.34. The number of carbonyl (C=O) groups is 1. The highest BCUT2D eigenvalue weighted by molar-refractivity contribution is 14.1. The van der Waals surface area contributed by atoms with Crippen LogP contribution in [-0.4, -0.2) is 20.0 Å².